The summed E-state index contributed by atoms with van der Waals surface area (Å²) in [5, 5.41) is 10.6. The highest BCUT2D eigenvalue weighted by atomic mass is 16.5. The summed E-state index contributed by atoms with van der Waals surface area (Å²) >= 11 is 0. The first kappa shape index (κ1) is 23.9. The monoisotopic (exact) mass is 497 g/mol. The fourth-order valence-electron chi connectivity index (χ4n) is 4.34. The minimum Gasteiger partial charge on any atom is -0.495 e. The van der Waals surface area contributed by atoms with Crippen molar-refractivity contribution < 1.29 is 19.0 Å². The Bertz CT molecular complexity index is 1450. The Kier molecular flexibility index (Phi) is 6.76. The third-order valence-electron chi connectivity index (χ3n) is 6.13. The summed E-state index contributed by atoms with van der Waals surface area (Å²) in [6.07, 6.45) is 1.46. The van der Waals surface area contributed by atoms with E-state index >= 15 is 0 Å². The van der Waals surface area contributed by atoms with Crippen molar-refractivity contribution in [1.82, 2.24) is 14.8 Å². The minimum absolute atomic E-state index is 0.288. The molecule has 0 radical (unpaired) electrons. The maximum Gasteiger partial charge on any atom is 0.255 e. The smallest absolute Gasteiger partial charge is 0.255 e. The van der Waals surface area contributed by atoms with Crippen LogP contribution in [0.15, 0.2) is 90.4 Å². The van der Waals surface area contributed by atoms with Crippen LogP contribution in [0.1, 0.15) is 24.1 Å². The molecule has 1 atom stereocenters. The number of benzene rings is 3. The molecule has 1 unspecified atom stereocenters. The Morgan fingerprint density at radius 3 is 2.51 bits per heavy atom. The first-order valence-electron chi connectivity index (χ1n) is 11.8. The molecule has 0 spiro atoms. The van der Waals surface area contributed by atoms with E-state index < -0.39 is 6.04 Å². The first-order chi connectivity index (χ1) is 18.1. The van der Waals surface area contributed by atoms with Crippen LogP contribution in [0.5, 0.6) is 17.2 Å². The number of hydrogen-bond donors (Lipinski definition) is 2. The van der Waals surface area contributed by atoms with Gasteiger partial charge in [0, 0.05) is 5.70 Å². The van der Waals surface area contributed by atoms with Crippen LogP contribution in [0.25, 0.3) is 0 Å². The zero-order valence-corrected chi connectivity index (χ0v) is 20.8. The van der Waals surface area contributed by atoms with E-state index in [1.807, 2.05) is 67.6 Å². The first-order valence-corrected chi connectivity index (χ1v) is 11.8. The van der Waals surface area contributed by atoms with Crippen LogP contribution in [0, 0.1) is 0 Å². The molecule has 1 aliphatic rings. The third-order valence-corrected chi connectivity index (χ3v) is 6.13. The molecule has 5 rings (SSSR count). The summed E-state index contributed by atoms with van der Waals surface area (Å²) in [4.78, 5) is 18.0. The lowest BCUT2D eigenvalue weighted by atomic mass is 9.94. The van der Waals surface area contributed by atoms with Crippen LogP contribution in [0.2, 0.25) is 0 Å². The van der Waals surface area contributed by atoms with E-state index in [4.69, 9.17) is 14.2 Å². The number of amides is 1. The molecule has 9 heteroatoms. The third kappa shape index (κ3) is 4.84. The lowest BCUT2D eigenvalue weighted by Gasteiger charge is -2.29. The second kappa shape index (κ2) is 10.4. The number of rotatable bonds is 8. The molecule has 1 amide bonds. The van der Waals surface area contributed by atoms with E-state index in [9.17, 15) is 4.79 Å². The molecule has 2 N–H and O–H groups in total. The van der Waals surface area contributed by atoms with Gasteiger partial charge in [-0.3, -0.25) is 4.79 Å². The Morgan fingerprint density at radius 2 is 1.73 bits per heavy atom. The number of para-hydroxylation sites is 2. The Hall–Kier alpha value is -4.79. The Balaban J connectivity index is 1.49. The van der Waals surface area contributed by atoms with Gasteiger partial charge in [0.05, 0.1) is 25.5 Å². The van der Waals surface area contributed by atoms with Crippen LogP contribution in [0.4, 0.5) is 11.6 Å². The van der Waals surface area contributed by atoms with E-state index in [1.165, 1.54) is 6.33 Å². The van der Waals surface area contributed by atoms with Gasteiger partial charge in [0.2, 0.25) is 5.95 Å². The summed E-state index contributed by atoms with van der Waals surface area (Å²) in [5.74, 6) is 1.97. The summed E-state index contributed by atoms with van der Waals surface area (Å²) in [6, 6.07) is 22.3. The van der Waals surface area contributed by atoms with Crippen LogP contribution < -0.4 is 24.8 Å². The second-order valence-corrected chi connectivity index (χ2v) is 8.43. The van der Waals surface area contributed by atoms with Crippen molar-refractivity contribution in [3.05, 3.63) is 102 Å². The molecule has 4 aromatic rings. The molecule has 2 heterocycles. The fraction of sp³-hybridized carbons (Fsp3) is 0.179. The van der Waals surface area contributed by atoms with Crippen molar-refractivity contribution in [3.63, 3.8) is 0 Å². The normalized spacial score (nSPS) is 14.4. The minimum atomic E-state index is -0.550. The lowest BCUT2D eigenvalue weighted by Crippen LogP contribution is -2.31. The second-order valence-electron chi connectivity index (χ2n) is 8.43. The van der Waals surface area contributed by atoms with Crippen molar-refractivity contribution in [1.29, 1.82) is 0 Å². The number of carbonyl (C=O) groups excluding carboxylic acids is 1. The maximum atomic E-state index is 13.7. The molecule has 0 aliphatic carbocycles. The molecule has 0 bridgehead atoms. The van der Waals surface area contributed by atoms with Crippen molar-refractivity contribution in [2.45, 2.75) is 19.6 Å². The highest BCUT2D eigenvalue weighted by Crippen LogP contribution is 2.39. The van der Waals surface area contributed by atoms with Crippen LogP contribution >= 0.6 is 0 Å². The zero-order valence-electron chi connectivity index (χ0n) is 20.8. The summed E-state index contributed by atoms with van der Waals surface area (Å²) in [6.45, 7) is 2.25. The Morgan fingerprint density at radius 1 is 0.973 bits per heavy atom. The zero-order chi connectivity index (χ0) is 25.8. The molecule has 188 valence electrons. The molecular formula is C28H27N5O4. The van der Waals surface area contributed by atoms with Gasteiger partial charge in [-0.15, -0.1) is 0 Å². The van der Waals surface area contributed by atoms with Crippen molar-refractivity contribution in [2.75, 3.05) is 24.9 Å². The maximum absolute atomic E-state index is 13.7. The number of nitrogens with zero attached hydrogens (tertiary/aromatic N) is 3. The van der Waals surface area contributed by atoms with Crippen molar-refractivity contribution in [3.8, 4) is 17.2 Å². The number of anilines is 2. The molecule has 0 fully saturated rings. The van der Waals surface area contributed by atoms with Crippen LogP contribution in [-0.2, 0) is 11.4 Å². The van der Waals surface area contributed by atoms with Gasteiger partial charge in [-0.2, -0.15) is 10.1 Å². The number of ether oxygens (including phenoxy) is 3. The van der Waals surface area contributed by atoms with E-state index in [1.54, 1.807) is 31.0 Å². The van der Waals surface area contributed by atoms with Crippen molar-refractivity contribution in [2.24, 2.45) is 0 Å². The molecule has 37 heavy (non-hydrogen) atoms. The molecular weight excluding hydrogens is 470 g/mol. The molecule has 1 aliphatic heterocycles. The molecule has 9 nitrogen and oxygen atoms in total. The number of methoxy groups -OCH3 is 2. The quantitative estimate of drug-likeness (QED) is 0.361. The largest absolute Gasteiger partial charge is 0.495 e. The highest BCUT2D eigenvalue weighted by Gasteiger charge is 2.34. The summed E-state index contributed by atoms with van der Waals surface area (Å²) in [7, 11) is 3.16. The standard InChI is InChI=1S/C28H27N5O4/c1-18-25(27(34)32-21-11-7-8-12-22(21)35-2)26(33-28(31-18)29-17-30-33)20-13-14-23(24(15-20)36-3)37-16-19-9-5-4-6-10-19/h4-15,17,26H,16H2,1-3H3,(H,32,34)(H,29,30,31). The molecule has 0 saturated carbocycles. The van der Waals surface area contributed by atoms with Gasteiger partial charge < -0.3 is 24.8 Å². The number of carbonyl (C=O) groups is 1. The van der Waals surface area contributed by atoms with Gasteiger partial charge in [-0.05, 0) is 42.3 Å². The predicted octanol–water partition coefficient (Wildman–Crippen LogP) is 4.80. The highest BCUT2D eigenvalue weighted by molar-refractivity contribution is 6.06. The van der Waals surface area contributed by atoms with Crippen molar-refractivity contribution >= 4 is 17.5 Å². The summed E-state index contributed by atoms with van der Waals surface area (Å²) in [5.41, 5.74) is 3.57. The van der Waals surface area contributed by atoms with Crippen LogP contribution in [-0.4, -0.2) is 34.9 Å². The molecule has 1 aromatic heterocycles. The predicted molar refractivity (Wildman–Crippen MR) is 140 cm³/mol. The van der Waals surface area contributed by atoms with Gasteiger partial charge in [0.25, 0.3) is 5.91 Å². The number of hydrogen-bond acceptors (Lipinski definition) is 7. The SMILES string of the molecule is COc1ccccc1NC(=O)C1=C(C)Nc2ncnn2C1c1ccc(OCc2ccccc2)c(OC)c1. The van der Waals surface area contributed by atoms with E-state index in [-0.39, 0.29) is 5.91 Å². The van der Waals surface area contributed by atoms with E-state index in [0.29, 0.717) is 46.8 Å². The summed E-state index contributed by atoms with van der Waals surface area (Å²) < 4.78 is 18.8. The van der Waals surface area contributed by atoms with E-state index in [2.05, 4.69) is 20.7 Å². The molecule has 0 saturated heterocycles. The average molecular weight is 498 g/mol. The average Bonchev–Trinajstić information content (AvgIpc) is 3.40. The van der Waals surface area contributed by atoms with Gasteiger partial charge in [0.1, 0.15) is 24.7 Å². The lowest BCUT2D eigenvalue weighted by molar-refractivity contribution is -0.113. The Labute approximate surface area is 214 Å². The van der Waals surface area contributed by atoms with Crippen LogP contribution in [0.3, 0.4) is 0 Å². The topological polar surface area (TPSA) is 99.5 Å². The number of aromatic nitrogens is 3. The van der Waals surface area contributed by atoms with Gasteiger partial charge in [-0.25, -0.2) is 4.68 Å². The van der Waals surface area contributed by atoms with E-state index in [0.717, 1.165) is 11.1 Å². The van der Waals surface area contributed by atoms with Gasteiger partial charge in [0.15, 0.2) is 11.5 Å². The number of nitrogens with one attached hydrogen (secondary N) is 2. The number of fused-ring (bicyclic) bond motifs is 1. The van der Waals surface area contributed by atoms with Gasteiger partial charge in [-0.1, -0.05) is 48.5 Å². The fourth-order valence-corrected chi connectivity index (χ4v) is 4.34. The number of allylic oxidation sites excluding steroid dienone is 1. The van der Waals surface area contributed by atoms with Gasteiger partial charge >= 0.3 is 0 Å². The molecule has 3 aromatic carbocycles.